The van der Waals surface area contributed by atoms with Crippen molar-refractivity contribution >= 4 is 34.8 Å². The van der Waals surface area contributed by atoms with Crippen molar-refractivity contribution in [2.75, 3.05) is 11.8 Å². The number of halogens is 3. The Morgan fingerprint density at radius 1 is 1.25 bits per heavy atom. The van der Waals surface area contributed by atoms with E-state index in [1.807, 2.05) is 6.08 Å². The zero-order chi connectivity index (χ0) is 9.40. The van der Waals surface area contributed by atoms with Crippen LogP contribution in [-0.4, -0.2) is 11.8 Å². The second-order valence-electron chi connectivity index (χ2n) is 2.46. The first-order valence-corrected chi connectivity index (χ1v) is 5.30. The summed E-state index contributed by atoms with van der Waals surface area (Å²) >= 11 is 17.1. The number of unbranched alkanes of at least 4 members (excludes halogenated alkanes) is 1. The van der Waals surface area contributed by atoms with Gasteiger partial charge in [0.1, 0.15) is 0 Å². The van der Waals surface area contributed by atoms with Gasteiger partial charge in [-0.05, 0) is 24.8 Å². The molecule has 0 aromatic carbocycles. The van der Waals surface area contributed by atoms with Crippen LogP contribution in [-0.2, 0) is 0 Å². The molecule has 0 nitrogen and oxygen atoms in total. The highest BCUT2D eigenvalue weighted by Gasteiger charge is 2.01. The van der Waals surface area contributed by atoms with Crippen molar-refractivity contribution in [2.45, 2.75) is 19.3 Å². The van der Waals surface area contributed by atoms with Crippen molar-refractivity contribution in [1.29, 1.82) is 0 Å². The molecule has 0 amide bonds. The molecule has 0 N–H and O–H groups in total. The normalized spacial score (nSPS) is 12.6. The van der Waals surface area contributed by atoms with Crippen LogP contribution in [0.2, 0.25) is 0 Å². The lowest BCUT2D eigenvalue weighted by molar-refractivity contribution is 0.832. The molecule has 0 spiro atoms. The summed E-state index contributed by atoms with van der Waals surface area (Å²) in [4.78, 5) is 0. The summed E-state index contributed by atoms with van der Waals surface area (Å²) in [6.45, 7) is 3.64. The van der Waals surface area contributed by atoms with E-state index < -0.39 is 0 Å². The fraction of sp³-hybridized carbons (Fsp3) is 0.556. The van der Waals surface area contributed by atoms with E-state index in [1.54, 1.807) is 0 Å². The summed E-state index contributed by atoms with van der Waals surface area (Å²) < 4.78 is 0. The molecule has 0 saturated carbocycles. The predicted octanol–water partition coefficient (Wildman–Crippen LogP) is 4.31. The molecule has 0 aliphatic rings. The van der Waals surface area contributed by atoms with Gasteiger partial charge in [-0.25, -0.2) is 0 Å². The summed E-state index contributed by atoms with van der Waals surface area (Å²) in [6.07, 6.45) is 4.84. The number of alkyl halides is 2. The lowest BCUT2D eigenvalue weighted by Crippen LogP contribution is -1.90. The first-order valence-electron chi connectivity index (χ1n) is 3.85. The molecule has 12 heavy (non-hydrogen) atoms. The zero-order valence-electron chi connectivity index (χ0n) is 6.95. The van der Waals surface area contributed by atoms with Crippen molar-refractivity contribution in [2.24, 2.45) is 0 Å². The molecule has 0 radical (unpaired) electrons. The first-order chi connectivity index (χ1) is 5.76. The number of hydrogen-bond donors (Lipinski definition) is 0. The first kappa shape index (κ1) is 12.3. The second-order valence-corrected chi connectivity index (χ2v) is 3.45. The Morgan fingerprint density at radius 3 is 2.33 bits per heavy atom. The number of rotatable bonds is 6. The molecule has 0 unspecified atom stereocenters. The van der Waals surface area contributed by atoms with Crippen LogP contribution >= 0.6 is 34.8 Å². The van der Waals surface area contributed by atoms with Gasteiger partial charge < -0.3 is 0 Å². The van der Waals surface area contributed by atoms with Crippen molar-refractivity contribution in [3.8, 4) is 0 Å². The van der Waals surface area contributed by atoms with Crippen molar-refractivity contribution in [3.63, 3.8) is 0 Å². The van der Waals surface area contributed by atoms with Gasteiger partial charge in [-0.3, -0.25) is 0 Å². The molecule has 0 aliphatic heterocycles. The zero-order valence-corrected chi connectivity index (χ0v) is 9.22. The van der Waals surface area contributed by atoms with Crippen LogP contribution in [0, 0.1) is 0 Å². The third kappa shape index (κ3) is 5.08. The second kappa shape index (κ2) is 7.97. The van der Waals surface area contributed by atoms with Crippen molar-refractivity contribution in [1.82, 2.24) is 0 Å². The molecule has 0 bridgehead atoms. The van der Waals surface area contributed by atoms with Gasteiger partial charge >= 0.3 is 0 Å². The summed E-state index contributed by atoms with van der Waals surface area (Å²) in [5, 5.41) is 0.690. The summed E-state index contributed by atoms with van der Waals surface area (Å²) in [7, 11) is 0. The maximum Gasteiger partial charge on any atom is 0.0581 e. The van der Waals surface area contributed by atoms with Gasteiger partial charge in [0.2, 0.25) is 0 Å². The van der Waals surface area contributed by atoms with E-state index in [-0.39, 0.29) is 0 Å². The number of allylic oxidation sites excluding steroid dienone is 3. The largest absolute Gasteiger partial charge is 0.122 e. The van der Waals surface area contributed by atoms with E-state index in [1.165, 1.54) is 0 Å². The molecule has 0 aliphatic carbocycles. The van der Waals surface area contributed by atoms with E-state index in [9.17, 15) is 0 Å². The van der Waals surface area contributed by atoms with Gasteiger partial charge in [-0.15, -0.1) is 29.8 Å². The fourth-order valence-electron chi connectivity index (χ4n) is 0.829. The smallest absolute Gasteiger partial charge is 0.0581 e. The summed E-state index contributed by atoms with van der Waals surface area (Å²) in [5.41, 5.74) is 1.05. The monoisotopic (exact) mass is 226 g/mol. The lowest BCUT2D eigenvalue weighted by Gasteiger charge is -2.04. The molecule has 0 atom stereocenters. The van der Waals surface area contributed by atoms with E-state index in [2.05, 4.69) is 6.58 Å². The van der Waals surface area contributed by atoms with Crippen LogP contribution in [0.5, 0.6) is 0 Å². The topological polar surface area (TPSA) is 0 Å². The average molecular weight is 228 g/mol. The maximum absolute atomic E-state index is 5.85. The molecule has 0 fully saturated rings. The molecule has 0 aromatic heterocycles. The standard InChI is InChI=1S/C9H13Cl3/c1-2-3-4-5-8(6-10)9(12)7-11/h2H,1,3-7H2/b9-8-. The minimum absolute atomic E-state index is 0.359. The molecular formula is C9H13Cl3. The van der Waals surface area contributed by atoms with Gasteiger partial charge in [0.15, 0.2) is 0 Å². The van der Waals surface area contributed by atoms with Crippen molar-refractivity contribution in [3.05, 3.63) is 23.3 Å². The summed E-state index contributed by atoms with van der Waals surface area (Å²) in [5.74, 6) is 0.834. The molecule has 0 rings (SSSR count). The van der Waals surface area contributed by atoms with Gasteiger partial charge in [0, 0.05) is 10.9 Å². The Labute approximate surface area is 89.2 Å². The lowest BCUT2D eigenvalue weighted by atomic mass is 10.1. The van der Waals surface area contributed by atoms with Gasteiger partial charge in [-0.2, -0.15) is 0 Å². The average Bonchev–Trinajstić information content (AvgIpc) is 2.11. The highest BCUT2D eigenvalue weighted by molar-refractivity contribution is 6.36. The molecule has 70 valence electrons. The Balaban J connectivity index is 3.90. The quantitative estimate of drug-likeness (QED) is 0.360. The fourth-order valence-corrected chi connectivity index (χ4v) is 1.54. The Morgan fingerprint density at radius 2 is 1.92 bits per heavy atom. The van der Waals surface area contributed by atoms with Crippen LogP contribution < -0.4 is 0 Å². The van der Waals surface area contributed by atoms with Crippen LogP contribution in [0.3, 0.4) is 0 Å². The van der Waals surface area contributed by atoms with Crippen LogP contribution in [0.4, 0.5) is 0 Å². The van der Waals surface area contributed by atoms with E-state index in [0.717, 1.165) is 24.8 Å². The van der Waals surface area contributed by atoms with Crippen LogP contribution in [0.25, 0.3) is 0 Å². The Bertz CT molecular complexity index is 161. The van der Waals surface area contributed by atoms with Gasteiger partial charge in [0.25, 0.3) is 0 Å². The minimum atomic E-state index is 0.359. The predicted molar refractivity (Wildman–Crippen MR) is 58.4 cm³/mol. The van der Waals surface area contributed by atoms with E-state index in [0.29, 0.717) is 16.8 Å². The molecule has 0 saturated heterocycles. The van der Waals surface area contributed by atoms with E-state index >= 15 is 0 Å². The Hall–Kier alpha value is 0.350. The molecule has 0 heterocycles. The molecule has 0 aromatic rings. The van der Waals surface area contributed by atoms with Crippen LogP contribution in [0.15, 0.2) is 23.3 Å². The van der Waals surface area contributed by atoms with E-state index in [4.69, 9.17) is 34.8 Å². The summed E-state index contributed by atoms with van der Waals surface area (Å²) in [6, 6.07) is 0. The van der Waals surface area contributed by atoms with Gasteiger partial charge in [-0.1, -0.05) is 17.7 Å². The molecular weight excluding hydrogens is 214 g/mol. The SMILES string of the molecule is C=CCCC/C(CCl)=C(/Cl)CCl. The Kier molecular flexibility index (Phi) is 8.20. The van der Waals surface area contributed by atoms with Crippen LogP contribution in [0.1, 0.15) is 19.3 Å². The highest BCUT2D eigenvalue weighted by Crippen LogP contribution is 2.18. The highest BCUT2D eigenvalue weighted by atomic mass is 35.5. The van der Waals surface area contributed by atoms with Gasteiger partial charge in [0.05, 0.1) is 5.88 Å². The third-order valence-corrected chi connectivity index (χ3v) is 2.68. The number of hydrogen-bond acceptors (Lipinski definition) is 0. The molecule has 3 heteroatoms. The third-order valence-electron chi connectivity index (χ3n) is 1.55. The maximum atomic E-state index is 5.85. The minimum Gasteiger partial charge on any atom is -0.122 e. The van der Waals surface area contributed by atoms with Crippen molar-refractivity contribution < 1.29 is 0 Å².